The number of aryl methyl sites for hydroxylation is 1. The summed E-state index contributed by atoms with van der Waals surface area (Å²) >= 11 is 2.53. The largest absolute Gasteiger partial charge is 0.495 e. The van der Waals surface area contributed by atoms with Crippen LogP contribution in [0.15, 0.2) is 98.3 Å². The van der Waals surface area contributed by atoms with Gasteiger partial charge in [-0.1, -0.05) is 23.9 Å². The van der Waals surface area contributed by atoms with Crippen molar-refractivity contribution in [2.24, 2.45) is 0 Å². The van der Waals surface area contributed by atoms with Crippen molar-refractivity contribution in [2.45, 2.75) is 18.4 Å². The van der Waals surface area contributed by atoms with Gasteiger partial charge in [0.2, 0.25) is 0 Å². The summed E-state index contributed by atoms with van der Waals surface area (Å²) in [6, 6.07) is 19.6. The summed E-state index contributed by atoms with van der Waals surface area (Å²) < 4.78 is 10.8. The third kappa shape index (κ3) is 5.36. The van der Waals surface area contributed by atoms with Gasteiger partial charge >= 0.3 is 0 Å². The van der Waals surface area contributed by atoms with Crippen LogP contribution in [0.2, 0.25) is 0 Å². The van der Waals surface area contributed by atoms with Crippen molar-refractivity contribution in [2.75, 3.05) is 17.7 Å². The van der Waals surface area contributed by atoms with Crippen molar-refractivity contribution in [3.05, 3.63) is 105 Å². The molecule has 0 bridgehead atoms. The molecule has 0 fully saturated rings. The Balaban J connectivity index is 1.42. The molecular formula is C28H23N3O5S2. The molecule has 5 rings (SSSR count). The zero-order valence-electron chi connectivity index (χ0n) is 20.5. The maximum atomic E-state index is 13.5. The van der Waals surface area contributed by atoms with Crippen molar-refractivity contribution in [3.8, 4) is 5.75 Å². The summed E-state index contributed by atoms with van der Waals surface area (Å²) in [5, 5.41) is 7.85. The zero-order chi connectivity index (χ0) is 26.6. The summed E-state index contributed by atoms with van der Waals surface area (Å²) in [7, 11) is 1.55. The topological polar surface area (TPSA) is 101 Å². The van der Waals surface area contributed by atoms with Crippen LogP contribution < -0.4 is 15.4 Å². The van der Waals surface area contributed by atoms with E-state index in [9.17, 15) is 14.4 Å². The molecule has 3 amide bonds. The monoisotopic (exact) mass is 545 g/mol. The van der Waals surface area contributed by atoms with Crippen LogP contribution in [-0.2, 0) is 16.1 Å². The Morgan fingerprint density at radius 1 is 1.05 bits per heavy atom. The lowest BCUT2D eigenvalue weighted by molar-refractivity contribution is -0.138. The molecule has 4 aromatic rings. The fraction of sp³-hybridized carbons (Fsp3) is 0.107. The van der Waals surface area contributed by atoms with Gasteiger partial charge < -0.3 is 19.8 Å². The minimum Gasteiger partial charge on any atom is -0.495 e. The molecule has 0 atom stereocenters. The predicted octanol–water partition coefficient (Wildman–Crippen LogP) is 5.90. The first kappa shape index (κ1) is 25.4. The Hall–Kier alpha value is -4.28. The summed E-state index contributed by atoms with van der Waals surface area (Å²) in [6.45, 7) is 1.94. The number of carbonyl (C=O) groups excluding carboxylic acids is 3. The molecule has 10 heteroatoms. The Bertz CT molecular complexity index is 1510. The van der Waals surface area contributed by atoms with Gasteiger partial charge in [-0.2, -0.15) is 0 Å². The number of thiophene rings is 1. The summed E-state index contributed by atoms with van der Waals surface area (Å²) in [4.78, 5) is 42.0. The van der Waals surface area contributed by atoms with Crippen molar-refractivity contribution in [1.82, 2.24) is 4.90 Å². The lowest BCUT2D eigenvalue weighted by Gasteiger charge is -2.15. The minimum atomic E-state index is -0.461. The number of nitrogens with zero attached hydrogens (tertiary/aromatic N) is 1. The molecular weight excluding hydrogens is 522 g/mol. The first-order valence-electron chi connectivity index (χ1n) is 11.6. The van der Waals surface area contributed by atoms with Gasteiger partial charge in [-0.05, 0) is 72.5 Å². The number of hydrogen-bond acceptors (Lipinski definition) is 8. The van der Waals surface area contributed by atoms with Crippen LogP contribution in [-0.4, -0.2) is 29.7 Å². The number of nitrogens with one attached hydrogen (secondary N) is 2. The molecule has 38 heavy (non-hydrogen) atoms. The van der Waals surface area contributed by atoms with Gasteiger partial charge in [0, 0.05) is 10.6 Å². The number of carbonyl (C=O) groups is 3. The summed E-state index contributed by atoms with van der Waals surface area (Å²) in [5.41, 5.74) is 2.32. The Morgan fingerprint density at radius 3 is 2.55 bits per heavy atom. The smallest absolute Gasteiger partial charge is 0.278 e. The highest BCUT2D eigenvalue weighted by molar-refractivity contribution is 8.04. The van der Waals surface area contributed by atoms with E-state index >= 15 is 0 Å². The van der Waals surface area contributed by atoms with Crippen molar-refractivity contribution >= 4 is 52.2 Å². The fourth-order valence-electron chi connectivity index (χ4n) is 3.84. The van der Waals surface area contributed by atoms with E-state index in [1.165, 1.54) is 29.4 Å². The number of amides is 3. The molecule has 2 aromatic heterocycles. The summed E-state index contributed by atoms with van der Waals surface area (Å²) in [6.07, 6.45) is 1.50. The van der Waals surface area contributed by atoms with Crippen molar-refractivity contribution < 1.29 is 23.5 Å². The number of hydrogen-bond donors (Lipinski definition) is 2. The number of furan rings is 1. The number of thioether (sulfide) groups is 1. The second-order valence-corrected chi connectivity index (χ2v) is 10.4. The van der Waals surface area contributed by atoms with Gasteiger partial charge in [0.25, 0.3) is 17.7 Å². The molecule has 0 unspecified atom stereocenters. The first-order valence-corrected chi connectivity index (χ1v) is 13.3. The van der Waals surface area contributed by atoms with Gasteiger partial charge in [0.1, 0.15) is 22.1 Å². The molecule has 0 saturated heterocycles. The van der Waals surface area contributed by atoms with Gasteiger partial charge in [-0.25, -0.2) is 0 Å². The highest BCUT2D eigenvalue weighted by Crippen LogP contribution is 2.38. The lowest BCUT2D eigenvalue weighted by atomic mass is 10.2. The molecule has 0 aliphatic carbocycles. The zero-order valence-corrected chi connectivity index (χ0v) is 22.2. The van der Waals surface area contributed by atoms with Crippen LogP contribution >= 0.6 is 23.1 Å². The lowest BCUT2D eigenvalue weighted by Crippen LogP contribution is -2.31. The van der Waals surface area contributed by atoms with Gasteiger partial charge in [-0.15, -0.1) is 11.3 Å². The number of ether oxygens (including phenoxy) is 1. The normalized spacial score (nSPS) is 13.3. The molecule has 0 spiro atoms. The number of methoxy groups -OCH3 is 1. The quantitative estimate of drug-likeness (QED) is 0.253. The van der Waals surface area contributed by atoms with Crippen LogP contribution in [0.4, 0.5) is 11.4 Å². The third-order valence-electron chi connectivity index (χ3n) is 5.71. The van der Waals surface area contributed by atoms with Crippen LogP contribution in [0, 0.1) is 6.92 Å². The second-order valence-electron chi connectivity index (χ2n) is 8.37. The average molecular weight is 546 g/mol. The molecule has 2 aromatic carbocycles. The summed E-state index contributed by atoms with van der Waals surface area (Å²) in [5.74, 6) is -0.0380. The Labute approximate surface area is 227 Å². The maximum absolute atomic E-state index is 13.5. The number of anilines is 2. The molecule has 0 radical (unpaired) electrons. The maximum Gasteiger partial charge on any atom is 0.278 e. The van der Waals surface area contributed by atoms with Crippen molar-refractivity contribution in [1.29, 1.82) is 0 Å². The molecule has 2 N–H and O–H groups in total. The predicted molar refractivity (Wildman–Crippen MR) is 147 cm³/mol. The van der Waals surface area contributed by atoms with E-state index < -0.39 is 11.8 Å². The second kappa shape index (κ2) is 11.0. The average Bonchev–Trinajstić information content (AvgIpc) is 3.67. The van der Waals surface area contributed by atoms with Gasteiger partial charge in [-0.3, -0.25) is 19.3 Å². The van der Waals surface area contributed by atoms with Crippen LogP contribution in [0.25, 0.3) is 0 Å². The highest BCUT2D eigenvalue weighted by atomic mass is 32.2. The number of imide groups is 1. The standard InChI is InChI=1S/C28H23N3O5S2/c1-17-7-12-22(35-2)21(15-17)30-24-25(28(34)31(27(24)33)16-19-5-3-13-36-19)38-20-10-8-18(9-11-20)29-26(32)23-6-4-14-37-23/h3-15,30H,16H2,1-2H3,(H,29,32). The SMILES string of the molecule is COc1ccc(C)cc1NC1=C(Sc2ccc(NC(=O)c3cccs3)cc2)C(=O)N(Cc2ccco2)C1=O. The van der Waals surface area contributed by atoms with E-state index in [1.54, 1.807) is 55.6 Å². The molecule has 1 aliphatic rings. The van der Waals surface area contributed by atoms with Gasteiger partial charge in [0.05, 0.1) is 30.5 Å². The Morgan fingerprint density at radius 2 is 1.87 bits per heavy atom. The van der Waals surface area contributed by atoms with Gasteiger partial charge in [0.15, 0.2) is 0 Å². The first-order chi connectivity index (χ1) is 18.4. The minimum absolute atomic E-state index is 0.0124. The van der Waals surface area contributed by atoms with Crippen molar-refractivity contribution in [3.63, 3.8) is 0 Å². The highest BCUT2D eigenvalue weighted by Gasteiger charge is 2.40. The van der Waals surface area contributed by atoms with E-state index in [4.69, 9.17) is 9.15 Å². The fourth-order valence-corrected chi connectivity index (χ4v) is 5.40. The number of benzene rings is 2. The number of rotatable bonds is 9. The van der Waals surface area contributed by atoms with E-state index in [1.807, 2.05) is 30.5 Å². The molecule has 0 saturated carbocycles. The van der Waals surface area contributed by atoms with Crippen LogP contribution in [0.5, 0.6) is 5.75 Å². The molecule has 192 valence electrons. The third-order valence-corrected chi connectivity index (χ3v) is 7.67. The molecule has 1 aliphatic heterocycles. The van der Waals surface area contributed by atoms with E-state index in [0.29, 0.717) is 27.8 Å². The van der Waals surface area contributed by atoms with E-state index in [-0.39, 0.29) is 23.1 Å². The Kier molecular flexibility index (Phi) is 7.34. The molecule has 3 heterocycles. The van der Waals surface area contributed by atoms with E-state index in [2.05, 4.69) is 10.6 Å². The molecule has 8 nitrogen and oxygen atoms in total. The van der Waals surface area contributed by atoms with Crippen LogP contribution in [0.3, 0.4) is 0 Å². The van der Waals surface area contributed by atoms with E-state index in [0.717, 1.165) is 15.4 Å². The van der Waals surface area contributed by atoms with Crippen LogP contribution in [0.1, 0.15) is 21.0 Å².